The first-order valence-electron chi connectivity index (χ1n) is 5.44. The van der Waals surface area contributed by atoms with E-state index in [2.05, 4.69) is 5.32 Å². The highest BCUT2D eigenvalue weighted by Gasteiger charge is 2.38. The molecular formula is C10H16N2O4. The van der Waals surface area contributed by atoms with Gasteiger partial charge in [-0.15, -0.1) is 0 Å². The molecule has 0 spiro atoms. The second-order valence-electron chi connectivity index (χ2n) is 4.34. The maximum absolute atomic E-state index is 11.5. The van der Waals surface area contributed by atoms with Crippen LogP contribution in [0.25, 0.3) is 0 Å². The minimum Gasteiger partial charge on any atom is -0.394 e. The van der Waals surface area contributed by atoms with Gasteiger partial charge in [0.1, 0.15) is 0 Å². The smallest absolute Gasteiger partial charge is 0.244 e. The summed E-state index contributed by atoms with van der Waals surface area (Å²) in [6.07, 6.45) is -0.0920. The molecule has 2 fully saturated rings. The second kappa shape index (κ2) is 4.48. The normalized spacial score (nSPS) is 36.5. The highest BCUT2D eigenvalue weighted by molar-refractivity contribution is 6.05. The van der Waals surface area contributed by atoms with Crippen LogP contribution >= 0.6 is 0 Å². The first-order chi connectivity index (χ1) is 7.60. The molecule has 0 aromatic carbocycles. The van der Waals surface area contributed by atoms with Crippen LogP contribution in [0.15, 0.2) is 0 Å². The molecule has 0 radical (unpaired) electrons. The van der Waals surface area contributed by atoms with Crippen molar-refractivity contribution in [1.82, 2.24) is 10.2 Å². The average molecular weight is 228 g/mol. The standard InChI is InChI=1S/C10H16N2O4/c1-6-3-12(4-7(5-13)16-6)8-2-9(14)11-10(8)15/h6-8,13H,2-5H2,1H3,(H,11,14,15). The number of ether oxygens (including phenoxy) is 1. The lowest BCUT2D eigenvalue weighted by Crippen LogP contribution is -2.53. The number of hydrogen-bond acceptors (Lipinski definition) is 5. The summed E-state index contributed by atoms with van der Waals surface area (Å²) in [6, 6.07) is -0.395. The molecule has 3 atom stereocenters. The van der Waals surface area contributed by atoms with Crippen molar-refractivity contribution in [3.63, 3.8) is 0 Å². The van der Waals surface area contributed by atoms with Crippen molar-refractivity contribution in [2.75, 3.05) is 19.7 Å². The fourth-order valence-corrected chi connectivity index (χ4v) is 2.27. The summed E-state index contributed by atoms with van der Waals surface area (Å²) >= 11 is 0. The zero-order valence-corrected chi connectivity index (χ0v) is 9.18. The van der Waals surface area contributed by atoms with Crippen LogP contribution < -0.4 is 5.32 Å². The van der Waals surface area contributed by atoms with E-state index in [-0.39, 0.29) is 37.0 Å². The van der Waals surface area contributed by atoms with Crippen molar-refractivity contribution in [2.24, 2.45) is 0 Å². The zero-order chi connectivity index (χ0) is 11.7. The number of imide groups is 1. The van der Waals surface area contributed by atoms with Gasteiger partial charge in [0.2, 0.25) is 11.8 Å². The Labute approximate surface area is 93.6 Å². The molecular weight excluding hydrogens is 212 g/mol. The number of nitrogens with one attached hydrogen (secondary N) is 1. The van der Waals surface area contributed by atoms with Gasteiger partial charge in [0.15, 0.2) is 0 Å². The van der Waals surface area contributed by atoms with E-state index in [1.54, 1.807) is 0 Å². The van der Waals surface area contributed by atoms with Crippen LogP contribution in [0, 0.1) is 0 Å². The highest BCUT2D eigenvalue weighted by atomic mass is 16.5. The van der Waals surface area contributed by atoms with Crippen LogP contribution in [-0.2, 0) is 14.3 Å². The first-order valence-corrected chi connectivity index (χ1v) is 5.44. The van der Waals surface area contributed by atoms with Crippen molar-refractivity contribution >= 4 is 11.8 Å². The van der Waals surface area contributed by atoms with Gasteiger partial charge >= 0.3 is 0 Å². The maximum Gasteiger partial charge on any atom is 0.244 e. The van der Waals surface area contributed by atoms with E-state index in [0.29, 0.717) is 13.1 Å². The van der Waals surface area contributed by atoms with Crippen molar-refractivity contribution in [2.45, 2.75) is 31.6 Å². The number of hydrogen-bond donors (Lipinski definition) is 2. The molecule has 2 saturated heterocycles. The quantitative estimate of drug-likeness (QED) is 0.561. The Morgan fingerprint density at radius 1 is 1.50 bits per heavy atom. The minimum atomic E-state index is -0.395. The summed E-state index contributed by atoms with van der Waals surface area (Å²) in [5, 5.41) is 11.4. The van der Waals surface area contributed by atoms with Crippen LogP contribution in [0.1, 0.15) is 13.3 Å². The number of amides is 2. The Bertz CT molecular complexity index is 307. The van der Waals surface area contributed by atoms with E-state index in [1.165, 1.54) is 0 Å². The molecule has 0 aliphatic carbocycles. The third kappa shape index (κ3) is 2.23. The number of aliphatic hydroxyl groups is 1. The lowest BCUT2D eigenvalue weighted by Gasteiger charge is -2.38. The van der Waals surface area contributed by atoms with E-state index < -0.39 is 6.04 Å². The van der Waals surface area contributed by atoms with Gasteiger partial charge in [0.05, 0.1) is 31.3 Å². The summed E-state index contributed by atoms with van der Waals surface area (Å²) in [6.45, 7) is 2.93. The van der Waals surface area contributed by atoms with Crippen molar-refractivity contribution in [1.29, 1.82) is 0 Å². The fourth-order valence-electron chi connectivity index (χ4n) is 2.27. The topological polar surface area (TPSA) is 78.9 Å². The molecule has 0 aromatic heterocycles. The SMILES string of the molecule is CC1CN(C2CC(=O)NC2=O)CC(CO)O1. The van der Waals surface area contributed by atoms with Crippen LogP contribution in [0.5, 0.6) is 0 Å². The van der Waals surface area contributed by atoms with Crippen molar-refractivity contribution < 1.29 is 19.4 Å². The van der Waals surface area contributed by atoms with Crippen LogP contribution in [0.3, 0.4) is 0 Å². The van der Waals surface area contributed by atoms with E-state index in [0.717, 1.165) is 0 Å². The Morgan fingerprint density at radius 2 is 2.25 bits per heavy atom. The van der Waals surface area contributed by atoms with Gasteiger partial charge in [-0.3, -0.25) is 19.8 Å². The van der Waals surface area contributed by atoms with Gasteiger partial charge in [-0.05, 0) is 6.92 Å². The van der Waals surface area contributed by atoms with Crippen molar-refractivity contribution in [3.05, 3.63) is 0 Å². The number of morpholine rings is 1. The molecule has 2 rings (SSSR count). The van der Waals surface area contributed by atoms with Gasteiger partial charge in [-0.25, -0.2) is 0 Å². The molecule has 2 amide bonds. The molecule has 2 aliphatic heterocycles. The largest absolute Gasteiger partial charge is 0.394 e. The molecule has 16 heavy (non-hydrogen) atoms. The molecule has 2 aliphatic rings. The molecule has 6 nitrogen and oxygen atoms in total. The van der Waals surface area contributed by atoms with E-state index in [9.17, 15) is 9.59 Å². The summed E-state index contributed by atoms with van der Waals surface area (Å²) < 4.78 is 5.48. The number of rotatable bonds is 2. The van der Waals surface area contributed by atoms with Gasteiger partial charge in [-0.1, -0.05) is 0 Å². The molecule has 90 valence electrons. The molecule has 0 bridgehead atoms. The summed E-state index contributed by atoms with van der Waals surface area (Å²) in [5.41, 5.74) is 0. The summed E-state index contributed by atoms with van der Waals surface area (Å²) in [7, 11) is 0. The van der Waals surface area contributed by atoms with Gasteiger partial charge in [0.25, 0.3) is 0 Å². The second-order valence-corrected chi connectivity index (χ2v) is 4.34. The monoisotopic (exact) mass is 228 g/mol. The number of carbonyl (C=O) groups is 2. The van der Waals surface area contributed by atoms with Gasteiger partial charge < -0.3 is 9.84 Å². The third-order valence-electron chi connectivity index (χ3n) is 2.94. The third-order valence-corrected chi connectivity index (χ3v) is 2.94. The fraction of sp³-hybridized carbons (Fsp3) is 0.800. The molecule has 0 saturated carbocycles. The highest BCUT2D eigenvalue weighted by Crippen LogP contribution is 2.18. The van der Waals surface area contributed by atoms with Crippen molar-refractivity contribution in [3.8, 4) is 0 Å². The Kier molecular flexibility index (Phi) is 3.22. The van der Waals surface area contributed by atoms with Crippen LogP contribution in [-0.4, -0.2) is 59.8 Å². The predicted molar refractivity (Wildman–Crippen MR) is 54.5 cm³/mol. The Balaban J connectivity index is 2.03. The van der Waals surface area contributed by atoms with Gasteiger partial charge in [-0.2, -0.15) is 0 Å². The molecule has 0 aromatic rings. The number of nitrogens with zero attached hydrogens (tertiary/aromatic N) is 1. The summed E-state index contributed by atoms with van der Waals surface area (Å²) in [5.74, 6) is -0.467. The maximum atomic E-state index is 11.5. The lowest BCUT2D eigenvalue weighted by atomic mass is 10.1. The average Bonchev–Trinajstić information content (AvgIpc) is 2.57. The number of carbonyl (C=O) groups excluding carboxylic acids is 2. The van der Waals surface area contributed by atoms with E-state index >= 15 is 0 Å². The van der Waals surface area contributed by atoms with Crippen LogP contribution in [0.4, 0.5) is 0 Å². The number of aliphatic hydroxyl groups excluding tert-OH is 1. The molecule has 2 N–H and O–H groups in total. The zero-order valence-electron chi connectivity index (χ0n) is 9.18. The Hall–Kier alpha value is -0.980. The Morgan fingerprint density at radius 3 is 2.81 bits per heavy atom. The van der Waals surface area contributed by atoms with Gasteiger partial charge in [0, 0.05) is 13.1 Å². The molecule has 6 heteroatoms. The van der Waals surface area contributed by atoms with E-state index in [4.69, 9.17) is 9.84 Å². The summed E-state index contributed by atoms with van der Waals surface area (Å²) in [4.78, 5) is 24.5. The molecule has 2 heterocycles. The minimum absolute atomic E-state index is 0.0330. The lowest BCUT2D eigenvalue weighted by molar-refractivity contribution is -0.133. The van der Waals surface area contributed by atoms with E-state index in [1.807, 2.05) is 11.8 Å². The predicted octanol–water partition coefficient (Wildman–Crippen LogP) is -1.52. The van der Waals surface area contributed by atoms with Crippen LogP contribution in [0.2, 0.25) is 0 Å². The first kappa shape index (κ1) is 11.5. The molecule has 3 unspecified atom stereocenters.